The van der Waals surface area contributed by atoms with Crippen molar-refractivity contribution in [3.63, 3.8) is 0 Å². The molecule has 3 saturated carbocycles. The summed E-state index contributed by atoms with van der Waals surface area (Å²) in [5.74, 6) is 1.00. The fraction of sp³-hybridized carbons (Fsp3) is 0.947. The molecule has 51 heavy (non-hydrogen) atoms. The van der Waals surface area contributed by atoms with Crippen molar-refractivity contribution in [1.29, 1.82) is 0 Å². The summed E-state index contributed by atoms with van der Waals surface area (Å²) in [7, 11) is 0. The Morgan fingerprint density at radius 1 is 0.863 bits per heavy atom. The van der Waals surface area contributed by atoms with Gasteiger partial charge >= 0.3 is 0 Å². The lowest BCUT2D eigenvalue weighted by molar-refractivity contribution is -0.353. The van der Waals surface area contributed by atoms with Crippen LogP contribution >= 0.6 is 0 Å². The molecule has 13 heteroatoms. The Morgan fingerprint density at radius 2 is 1.63 bits per heavy atom. The van der Waals surface area contributed by atoms with Crippen LogP contribution in [-0.4, -0.2) is 134 Å². The number of ether oxygens (including phenoxy) is 6. The maximum atomic E-state index is 12.7. The molecule has 0 bridgehead atoms. The van der Waals surface area contributed by atoms with Crippen LogP contribution in [0.5, 0.6) is 0 Å². The second-order valence-corrected chi connectivity index (χ2v) is 17.9. The largest absolute Gasteiger partial charge is 0.394 e. The van der Waals surface area contributed by atoms with Gasteiger partial charge in [0.15, 0.2) is 18.4 Å². The Morgan fingerprint density at radius 3 is 2.35 bits per heavy atom. The van der Waals surface area contributed by atoms with Crippen molar-refractivity contribution in [1.82, 2.24) is 0 Å². The van der Waals surface area contributed by atoms with Gasteiger partial charge in [0.1, 0.15) is 48.3 Å². The SMILES string of the molecule is C[C@@H]1CC[C@@]2(OC1)O[C@H]1C[C@H]3[C@@H]4CC=C5C[C@@H](O[C@@H]6O[C@H](CO)[C@@H](O[C@@H]7OC[C@@H](O)[C@H](O)[C@H]7O)[C@H](O)[C@H]6O)CC[C@]5(C)[C@H]4CC[C@]3(C)[C@@]1(O)[C@@H]2C. The van der Waals surface area contributed by atoms with Gasteiger partial charge in [-0.05, 0) is 80.5 Å². The molecule has 4 heterocycles. The molecule has 20 atom stereocenters. The van der Waals surface area contributed by atoms with Gasteiger partial charge in [-0.2, -0.15) is 0 Å². The molecule has 13 nitrogen and oxygen atoms in total. The molecule has 7 N–H and O–H groups in total. The van der Waals surface area contributed by atoms with E-state index in [2.05, 4.69) is 33.8 Å². The molecule has 0 unspecified atom stereocenters. The number of fused-ring (bicyclic) bond motifs is 7. The van der Waals surface area contributed by atoms with E-state index in [4.69, 9.17) is 28.4 Å². The van der Waals surface area contributed by atoms with Crippen LogP contribution < -0.4 is 0 Å². The zero-order valence-electron chi connectivity index (χ0n) is 30.4. The highest BCUT2D eigenvalue weighted by Gasteiger charge is 2.76. The van der Waals surface area contributed by atoms with E-state index in [-0.39, 0.29) is 35.6 Å². The van der Waals surface area contributed by atoms with Crippen LogP contribution in [0.4, 0.5) is 0 Å². The van der Waals surface area contributed by atoms with Crippen molar-refractivity contribution >= 4 is 0 Å². The maximum absolute atomic E-state index is 12.7. The molecule has 7 fully saturated rings. The summed E-state index contributed by atoms with van der Waals surface area (Å²) in [6.45, 7) is 8.90. The van der Waals surface area contributed by atoms with E-state index in [0.717, 1.165) is 51.4 Å². The van der Waals surface area contributed by atoms with E-state index >= 15 is 0 Å². The van der Waals surface area contributed by atoms with Crippen LogP contribution in [0, 0.1) is 40.4 Å². The quantitative estimate of drug-likeness (QED) is 0.200. The van der Waals surface area contributed by atoms with E-state index in [0.29, 0.717) is 36.7 Å². The lowest BCUT2D eigenvalue weighted by Gasteiger charge is -2.60. The predicted octanol–water partition coefficient (Wildman–Crippen LogP) is 1.12. The van der Waals surface area contributed by atoms with Gasteiger partial charge in [0.25, 0.3) is 0 Å². The smallest absolute Gasteiger partial charge is 0.186 e. The molecule has 290 valence electrons. The number of aliphatic hydroxyl groups is 7. The Labute approximate surface area is 300 Å². The topological polar surface area (TPSA) is 197 Å². The zero-order chi connectivity index (χ0) is 36.2. The Balaban J connectivity index is 0.928. The van der Waals surface area contributed by atoms with Crippen LogP contribution in [0.1, 0.15) is 85.5 Å². The first kappa shape index (κ1) is 37.2. The molecule has 4 saturated heterocycles. The predicted molar refractivity (Wildman–Crippen MR) is 178 cm³/mol. The number of hydrogen-bond acceptors (Lipinski definition) is 13. The molecule has 4 aliphatic heterocycles. The second kappa shape index (κ2) is 13.2. The van der Waals surface area contributed by atoms with Crippen LogP contribution in [0.15, 0.2) is 11.6 Å². The molecular weight excluding hydrogens is 664 g/mol. The van der Waals surface area contributed by atoms with Crippen molar-refractivity contribution < 1.29 is 64.2 Å². The molecule has 0 aromatic rings. The van der Waals surface area contributed by atoms with E-state index in [1.54, 1.807) is 0 Å². The second-order valence-electron chi connectivity index (χ2n) is 17.9. The van der Waals surface area contributed by atoms with Gasteiger partial charge in [-0.1, -0.05) is 39.3 Å². The van der Waals surface area contributed by atoms with Crippen molar-refractivity contribution in [3.05, 3.63) is 11.6 Å². The summed E-state index contributed by atoms with van der Waals surface area (Å²) in [5, 5.41) is 75.1. The molecular formula is C38H60O13. The van der Waals surface area contributed by atoms with Crippen molar-refractivity contribution in [2.75, 3.05) is 19.8 Å². The molecule has 8 rings (SSSR count). The first-order chi connectivity index (χ1) is 24.2. The van der Waals surface area contributed by atoms with Crippen LogP contribution in [0.2, 0.25) is 0 Å². The van der Waals surface area contributed by atoms with E-state index < -0.39 is 73.3 Å². The standard InChI is InChI=1S/C38H60O13/c1-18-7-12-37(47-16-18)19(2)38(45)27(51-37)14-24-22-6-5-20-13-21(8-10-35(20,3)23(22)9-11-36(24,38)4)48-34-31(44)29(42)32(26(15-39)49-34)50-33-30(43)28(41)25(40)17-46-33/h5,18-19,21-34,39-45H,6-17H2,1-4H3/t18-,19-,21+,22-,23+,24+,25-,26-,27+,28+,29-,30-,31-,32-,33+,34-,35+,36+,37-,38-/m1/s1. The molecule has 0 amide bonds. The molecule has 8 aliphatic rings. The van der Waals surface area contributed by atoms with E-state index in [1.807, 2.05) is 0 Å². The minimum atomic E-state index is -1.61. The Bertz CT molecular complexity index is 1320. The molecule has 0 radical (unpaired) electrons. The average molecular weight is 725 g/mol. The fourth-order valence-electron chi connectivity index (χ4n) is 12.3. The molecule has 0 aromatic heterocycles. The summed E-state index contributed by atoms with van der Waals surface area (Å²) in [6.07, 6.45) is -2.63. The first-order valence-electron chi connectivity index (χ1n) is 19.5. The van der Waals surface area contributed by atoms with Gasteiger partial charge in [0.05, 0.1) is 32.0 Å². The highest BCUT2D eigenvalue weighted by molar-refractivity contribution is 5.29. The van der Waals surface area contributed by atoms with E-state index in [9.17, 15) is 35.7 Å². The van der Waals surface area contributed by atoms with Crippen molar-refractivity contribution in [3.8, 4) is 0 Å². The minimum absolute atomic E-state index is 0.0160. The first-order valence-corrected chi connectivity index (χ1v) is 19.5. The van der Waals surface area contributed by atoms with Gasteiger partial charge in [0, 0.05) is 17.8 Å². The maximum Gasteiger partial charge on any atom is 0.186 e. The number of aliphatic hydroxyl groups excluding tert-OH is 6. The average Bonchev–Trinajstić information content (AvgIpc) is 3.47. The van der Waals surface area contributed by atoms with Gasteiger partial charge < -0.3 is 64.2 Å². The third kappa shape index (κ3) is 5.50. The Kier molecular flexibility index (Phi) is 9.60. The normalized spacial score (nSPS) is 58.4. The van der Waals surface area contributed by atoms with E-state index in [1.165, 1.54) is 5.57 Å². The number of allylic oxidation sites excluding steroid dienone is 1. The van der Waals surface area contributed by atoms with Crippen molar-refractivity contribution in [2.24, 2.45) is 40.4 Å². The summed E-state index contributed by atoms with van der Waals surface area (Å²) >= 11 is 0. The molecule has 1 spiro atoms. The lowest BCUT2D eigenvalue weighted by Crippen LogP contribution is -2.63. The highest BCUT2D eigenvalue weighted by atomic mass is 16.7. The van der Waals surface area contributed by atoms with Crippen LogP contribution in [0.25, 0.3) is 0 Å². The molecule has 4 aliphatic carbocycles. The van der Waals surface area contributed by atoms with Crippen LogP contribution in [0.3, 0.4) is 0 Å². The van der Waals surface area contributed by atoms with Gasteiger partial charge in [-0.15, -0.1) is 0 Å². The summed E-state index contributed by atoms with van der Waals surface area (Å²) < 4.78 is 36.5. The minimum Gasteiger partial charge on any atom is -0.394 e. The molecule has 0 aromatic carbocycles. The summed E-state index contributed by atoms with van der Waals surface area (Å²) in [6, 6.07) is 0. The van der Waals surface area contributed by atoms with Gasteiger partial charge in [0.2, 0.25) is 0 Å². The van der Waals surface area contributed by atoms with Gasteiger partial charge in [-0.3, -0.25) is 0 Å². The van der Waals surface area contributed by atoms with Crippen LogP contribution in [-0.2, 0) is 28.4 Å². The Hall–Kier alpha value is -0.780. The monoisotopic (exact) mass is 724 g/mol. The zero-order valence-corrected chi connectivity index (χ0v) is 30.4. The number of hydrogen-bond donors (Lipinski definition) is 7. The lowest BCUT2D eigenvalue weighted by atomic mass is 9.46. The summed E-state index contributed by atoms with van der Waals surface area (Å²) in [4.78, 5) is 0. The fourth-order valence-corrected chi connectivity index (χ4v) is 12.3. The van der Waals surface area contributed by atoms with Crippen molar-refractivity contribution in [2.45, 2.75) is 164 Å². The third-order valence-electron chi connectivity index (χ3n) is 15.5. The highest BCUT2D eigenvalue weighted by Crippen LogP contribution is 2.72. The van der Waals surface area contributed by atoms with Gasteiger partial charge in [-0.25, -0.2) is 0 Å². The third-order valence-corrected chi connectivity index (χ3v) is 15.5. The number of rotatable bonds is 5. The summed E-state index contributed by atoms with van der Waals surface area (Å²) in [5.41, 5.74) is 0.161.